The van der Waals surface area contributed by atoms with E-state index in [-0.39, 0.29) is 5.41 Å². The van der Waals surface area contributed by atoms with Crippen LogP contribution in [0.5, 0.6) is 5.75 Å². The summed E-state index contributed by atoms with van der Waals surface area (Å²) in [4.78, 5) is 0. The average molecular weight is 222 g/mol. The number of hydrogen-bond acceptors (Lipinski definition) is 3. The molecular formula is C13H18O3. The smallest absolute Gasteiger partial charge is 0.187 e. The Morgan fingerprint density at radius 3 is 2.38 bits per heavy atom. The Hall–Kier alpha value is -1.06. The lowest BCUT2D eigenvalue weighted by molar-refractivity contribution is -0.0455. The van der Waals surface area contributed by atoms with Gasteiger partial charge in [-0.2, -0.15) is 0 Å². The van der Waals surface area contributed by atoms with Crippen molar-refractivity contribution >= 4 is 0 Å². The van der Waals surface area contributed by atoms with Gasteiger partial charge in [0.1, 0.15) is 5.75 Å². The molecule has 0 radical (unpaired) electrons. The molecule has 1 aliphatic heterocycles. The molecule has 2 rings (SSSR count). The lowest BCUT2D eigenvalue weighted by atomic mass is 9.85. The monoisotopic (exact) mass is 222 g/mol. The standard InChI is InChI=1S/C13H18O3/c1-13(2,3)10-6-4-5-9(11(10)14)12-15-7-8-16-12/h4-6,12,14H,7-8H2,1-3H3. The summed E-state index contributed by atoms with van der Waals surface area (Å²) in [7, 11) is 0. The van der Waals surface area contributed by atoms with Gasteiger partial charge in [-0.25, -0.2) is 0 Å². The molecular weight excluding hydrogens is 204 g/mol. The Balaban J connectivity index is 2.40. The van der Waals surface area contributed by atoms with E-state index >= 15 is 0 Å². The summed E-state index contributed by atoms with van der Waals surface area (Å²) in [6, 6.07) is 5.72. The zero-order valence-electron chi connectivity index (χ0n) is 9.99. The lowest BCUT2D eigenvalue weighted by Gasteiger charge is -2.23. The van der Waals surface area contributed by atoms with Crippen LogP contribution >= 0.6 is 0 Å². The normalized spacial score (nSPS) is 17.9. The molecule has 0 spiro atoms. The summed E-state index contributed by atoms with van der Waals surface area (Å²) >= 11 is 0. The zero-order valence-corrected chi connectivity index (χ0v) is 9.99. The van der Waals surface area contributed by atoms with Crippen LogP contribution in [0.15, 0.2) is 18.2 Å². The highest BCUT2D eigenvalue weighted by atomic mass is 16.7. The van der Waals surface area contributed by atoms with E-state index in [4.69, 9.17) is 9.47 Å². The molecule has 1 heterocycles. The fraction of sp³-hybridized carbons (Fsp3) is 0.538. The lowest BCUT2D eigenvalue weighted by Crippen LogP contribution is -2.12. The summed E-state index contributed by atoms with van der Waals surface area (Å²) in [5.41, 5.74) is 1.56. The number of aromatic hydroxyl groups is 1. The van der Waals surface area contributed by atoms with E-state index in [1.807, 2.05) is 18.2 Å². The fourth-order valence-corrected chi connectivity index (χ4v) is 1.89. The van der Waals surface area contributed by atoms with Gasteiger partial charge in [0, 0.05) is 5.56 Å². The van der Waals surface area contributed by atoms with Crippen LogP contribution in [0, 0.1) is 0 Å². The highest BCUT2D eigenvalue weighted by molar-refractivity contribution is 5.44. The van der Waals surface area contributed by atoms with Gasteiger partial charge < -0.3 is 14.6 Å². The van der Waals surface area contributed by atoms with Crippen LogP contribution in [0.1, 0.15) is 38.2 Å². The molecule has 1 N–H and O–H groups in total. The largest absolute Gasteiger partial charge is 0.507 e. The minimum Gasteiger partial charge on any atom is -0.507 e. The second-order valence-electron chi connectivity index (χ2n) is 5.07. The second kappa shape index (κ2) is 4.07. The number of phenolic OH excluding ortho intramolecular Hbond substituents is 1. The van der Waals surface area contributed by atoms with E-state index in [0.29, 0.717) is 19.0 Å². The first-order valence-electron chi connectivity index (χ1n) is 5.56. The summed E-state index contributed by atoms with van der Waals surface area (Å²) in [6.45, 7) is 7.39. The fourth-order valence-electron chi connectivity index (χ4n) is 1.89. The number of benzene rings is 1. The first kappa shape index (κ1) is 11.4. The predicted octanol–water partition coefficient (Wildman–Crippen LogP) is 2.74. The van der Waals surface area contributed by atoms with Crippen LogP contribution in [-0.2, 0) is 14.9 Å². The Bertz CT molecular complexity index is 373. The molecule has 0 bridgehead atoms. The van der Waals surface area contributed by atoms with Gasteiger partial charge in [-0.05, 0) is 11.0 Å². The van der Waals surface area contributed by atoms with Gasteiger partial charge in [-0.15, -0.1) is 0 Å². The van der Waals surface area contributed by atoms with E-state index in [0.717, 1.165) is 11.1 Å². The van der Waals surface area contributed by atoms with Gasteiger partial charge in [0.05, 0.1) is 13.2 Å². The van der Waals surface area contributed by atoms with Crippen LogP contribution < -0.4 is 0 Å². The molecule has 0 atom stereocenters. The van der Waals surface area contributed by atoms with Gasteiger partial charge in [0.25, 0.3) is 0 Å². The van der Waals surface area contributed by atoms with Crippen molar-refractivity contribution in [2.24, 2.45) is 0 Å². The Kier molecular flexibility index (Phi) is 2.91. The van der Waals surface area contributed by atoms with Crippen molar-refractivity contribution in [1.82, 2.24) is 0 Å². The van der Waals surface area contributed by atoms with Crippen LogP contribution in [-0.4, -0.2) is 18.3 Å². The molecule has 0 aromatic heterocycles. The van der Waals surface area contributed by atoms with Crippen molar-refractivity contribution in [3.8, 4) is 5.75 Å². The summed E-state index contributed by atoms with van der Waals surface area (Å²) < 4.78 is 10.8. The van der Waals surface area contributed by atoms with Gasteiger partial charge in [0.2, 0.25) is 0 Å². The van der Waals surface area contributed by atoms with Crippen molar-refractivity contribution in [2.45, 2.75) is 32.5 Å². The maximum Gasteiger partial charge on any atom is 0.187 e. The molecule has 3 nitrogen and oxygen atoms in total. The van der Waals surface area contributed by atoms with Crippen LogP contribution in [0.25, 0.3) is 0 Å². The summed E-state index contributed by atoms with van der Waals surface area (Å²) in [6.07, 6.45) is -0.415. The predicted molar refractivity (Wildman–Crippen MR) is 61.5 cm³/mol. The molecule has 0 amide bonds. The summed E-state index contributed by atoms with van der Waals surface area (Å²) in [5, 5.41) is 10.2. The second-order valence-corrected chi connectivity index (χ2v) is 5.07. The molecule has 1 fully saturated rings. The number of phenols is 1. The van der Waals surface area contributed by atoms with Crippen LogP contribution in [0.4, 0.5) is 0 Å². The van der Waals surface area contributed by atoms with E-state index in [2.05, 4.69) is 20.8 Å². The molecule has 1 saturated heterocycles. The van der Waals surface area contributed by atoms with Gasteiger partial charge in [-0.3, -0.25) is 0 Å². The van der Waals surface area contributed by atoms with Gasteiger partial charge in [-0.1, -0.05) is 39.0 Å². The molecule has 0 unspecified atom stereocenters. The molecule has 1 aromatic carbocycles. The highest BCUT2D eigenvalue weighted by Crippen LogP contribution is 2.38. The third kappa shape index (κ3) is 2.06. The Labute approximate surface area is 96.0 Å². The maximum absolute atomic E-state index is 10.2. The number of ether oxygens (including phenoxy) is 2. The van der Waals surface area contributed by atoms with Crippen molar-refractivity contribution in [1.29, 1.82) is 0 Å². The van der Waals surface area contributed by atoms with Gasteiger partial charge in [0.15, 0.2) is 6.29 Å². The first-order chi connectivity index (χ1) is 7.50. The zero-order chi connectivity index (χ0) is 11.8. The van der Waals surface area contributed by atoms with E-state index in [1.54, 1.807) is 0 Å². The van der Waals surface area contributed by atoms with Crippen LogP contribution in [0.3, 0.4) is 0 Å². The third-order valence-electron chi connectivity index (χ3n) is 2.75. The molecule has 3 heteroatoms. The Morgan fingerprint density at radius 2 is 1.81 bits per heavy atom. The number of rotatable bonds is 1. The molecule has 1 aromatic rings. The van der Waals surface area contributed by atoms with Gasteiger partial charge >= 0.3 is 0 Å². The Morgan fingerprint density at radius 1 is 1.19 bits per heavy atom. The highest BCUT2D eigenvalue weighted by Gasteiger charge is 2.26. The van der Waals surface area contributed by atoms with E-state index in [1.165, 1.54) is 0 Å². The van der Waals surface area contributed by atoms with Crippen LogP contribution in [0.2, 0.25) is 0 Å². The molecule has 1 aliphatic rings. The van der Waals surface area contributed by atoms with Crippen molar-refractivity contribution in [3.63, 3.8) is 0 Å². The van der Waals surface area contributed by atoms with E-state index in [9.17, 15) is 5.11 Å². The minimum absolute atomic E-state index is 0.0846. The average Bonchev–Trinajstić information content (AvgIpc) is 2.69. The maximum atomic E-state index is 10.2. The molecule has 16 heavy (non-hydrogen) atoms. The van der Waals surface area contributed by atoms with Crippen molar-refractivity contribution < 1.29 is 14.6 Å². The number of para-hydroxylation sites is 1. The molecule has 0 aliphatic carbocycles. The SMILES string of the molecule is CC(C)(C)c1cccc(C2OCCO2)c1O. The van der Waals surface area contributed by atoms with Crippen molar-refractivity contribution in [2.75, 3.05) is 13.2 Å². The van der Waals surface area contributed by atoms with Crippen molar-refractivity contribution in [3.05, 3.63) is 29.3 Å². The molecule has 0 saturated carbocycles. The summed E-state index contributed by atoms with van der Waals surface area (Å²) in [5.74, 6) is 0.293. The number of hydrogen-bond donors (Lipinski definition) is 1. The quantitative estimate of drug-likeness (QED) is 0.794. The van der Waals surface area contributed by atoms with E-state index < -0.39 is 6.29 Å². The topological polar surface area (TPSA) is 38.7 Å². The first-order valence-corrected chi connectivity index (χ1v) is 5.56. The molecule has 88 valence electrons. The third-order valence-corrected chi connectivity index (χ3v) is 2.75. The minimum atomic E-state index is -0.415.